The first-order chi connectivity index (χ1) is 8.83. The van der Waals surface area contributed by atoms with Crippen molar-refractivity contribution in [3.05, 3.63) is 59.5 Å². The van der Waals surface area contributed by atoms with Crippen molar-refractivity contribution in [2.45, 2.75) is 10.6 Å². The number of benzene rings is 2. The van der Waals surface area contributed by atoms with E-state index in [0.717, 1.165) is 11.4 Å². The average Bonchev–Trinajstić information content (AvgIpc) is 2.82. The maximum atomic E-state index is 5.68. The number of anilines is 1. The van der Waals surface area contributed by atoms with Crippen LogP contribution < -0.4 is 5.73 Å². The van der Waals surface area contributed by atoms with Crippen LogP contribution in [-0.4, -0.2) is 0 Å². The van der Waals surface area contributed by atoms with Crippen LogP contribution in [0.1, 0.15) is 5.56 Å². The van der Waals surface area contributed by atoms with Crippen molar-refractivity contribution in [1.82, 2.24) is 0 Å². The van der Waals surface area contributed by atoms with Crippen LogP contribution >= 0.6 is 23.1 Å². The Morgan fingerprint density at radius 2 is 1.78 bits per heavy atom. The van der Waals surface area contributed by atoms with Crippen LogP contribution in [0.2, 0.25) is 0 Å². The fraction of sp³-hybridized carbons (Fsp3) is 0.0667. The molecule has 0 amide bonds. The highest BCUT2D eigenvalue weighted by Gasteiger charge is 2.03. The molecule has 0 aliphatic heterocycles. The lowest BCUT2D eigenvalue weighted by Gasteiger charge is -2.01. The number of rotatable bonds is 3. The summed E-state index contributed by atoms with van der Waals surface area (Å²) in [6, 6.07) is 16.6. The van der Waals surface area contributed by atoms with Crippen LogP contribution in [0.25, 0.3) is 10.1 Å². The van der Waals surface area contributed by atoms with Gasteiger partial charge in [0.05, 0.1) is 0 Å². The van der Waals surface area contributed by atoms with Gasteiger partial charge in [-0.25, -0.2) is 0 Å². The summed E-state index contributed by atoms with van der Waals surface area (Å²) in [5.41, 5.74) is 7.92. The van der Waals surface area contributed by atoms with Gasteiger partial charge in [0, 0.05) is 21.0 Å². The first kappa shape index (κ1) is 11.6. The van der Waals surface area contributed by atoms with Gasteiger partial charge in [0.25, 0.3) is 0 Å². The molecule has 90 valence electrons. The summed E-state index contributed by atoms with van der Waals surface area (Å²) in [4.78, 5) is 1.26. The molecule has 1 nitrogen and oxygen atoms in total. The van der Waals surface area contributed by atoms with Crippen molar-refractivity contribution in [3.63, 3.8) is 0 Å². The lowest BCUT2D eigenvalue weighted by Crippen LogP contribution is -1.83. The van der Waals surface area contributed by atoms with E-state index in [2.05, 4.69) is 41.8 Å². The second-order valence-corrected chi connectivity index (χ2v) is 6.07. The van der Waals surface area contributed by atoms with E-state index in [4.69, 9.17) is 5.73 Å². The lowest BCUT2D eigenvalue weighted by atomic mass is 10.2. The molecule has 2 aromatic carbocycles. The normalized spacial score (nSPS) is 10.9. The van der Waals surface area contributed by atoms with Gasteiger partial charge in [-0.2, -0.15) is 0 Å². The zero-order chi connectivity index (χ0) is 12.4. The monoisotopic (exact) mass is 271 g/mol. The first-order valence-corrected chi connectivity index (χ1v) is 7.63. The molecule has 3 heteroatoms. The molecule has 2 N–H and O–H groups in total. The maximum absolute atomic E-state index is 5.68. The molecular formula is C15H13NS2. The van der Waals surface area contributed by atoms with E-state index < -0.39 is 0 Å². The summed E-state index contributed by atoms with van der Waals surface area (Å²) in [7, 11) is 0. The Hall–Kier alpha value is -1.45. The zero-order valence-electron chi connectivity index (χ0n) is 9.80. The highest BCUT2D eigenvalue weighted by Crippen LogP contribution is 2.31. The third kappa shape index (κ3) is 2.37. The number of thiophene rings is 1. The van der Waals surface area contributed by atoms with Gasteiger partial charge in [-0.3, -0.25) is 0 Å². The Balaban J connectivity index is 1.79. The summed E-state index contributed by atoms with van der Waals surface area (Å²) in [5, 5.41) is 3.64. The van der Waals surface area contributed by atoms with Gasteiger partial charge in [-0.15, -0.1) is 23.1 Å². The number of hydrogen-bond acceptors (Lipinski definition) is 3. The average molecular weight is 271 g/mol. The number of nitrogen functional groups attached to an aromatic ring is 1. The zero-order valence-corrected chi connectivity index (χ0v) is 11.4. The molecule has 0 saturated carbocycles. The van der Waals surface area contributed by atoms with Gasteiger partial charge in [0.2, 0.25) is 0 Å². The number of fused-ring (bicyclic) bond motifs is 1. The van der Waals surface area contributed by atoms with Crippen LogP contribution in [0, 0.1) is 0 Å². The summed E-state index contributed by atoms with van der Waals surface area (Å²) in [5.74, 6) is 1.01. The second-order valence-electron chi connectivity index (χ2n) is 4.11. The predicted molar refractivity (Wildman–Crippen MR) is 82.2 cm³/mol. The Morgan fingerprint density at radius 3 is 2.61 bits per heavy atom. The summed E-state index contributed by atoms with van der Waals surface area (Å²) >= 11 is 3.67. The molecule has 18 heavy (non-hydrogen) atoms. The van der Waals surface area contributed by atoms with Crippen molar-refractivity contribution in [1.29, 1.82) is 0 Å². The van der Waals surface area contributed by atoms with Gasteiger partial charge in [0.15, 0.2) is 0 Å². The molecule has 0 aliphatic rings. The molecule has 0 unspecified atom stereocenters. The van der Waals surface area contributed by atoms with Crippen LogP contribution in [-0.2, 0) is 5.75 Å². The SMILES string of the molecule is Nc1ccc(SCc2csc3ccccc23)cc1. The number of hydrogen-bond donors (Lipinski definition) is 1. The van der Waals surface area contributed by atoms with Crippen LogP contribution in [0.3, 0.4) is 0 Å². The number of nitrogens with two attached hydrogens (primary N) is 1. The van der Waals surface area contributed by atoms with Gasteiger partial charge >= 0.3 is 0 Å². The van der Waals surface area contributed by atoms with E-state index in [-0.39, 0.29) is 0 Å². The largest absolute Gasteiger partial charge is 0.399 e. The molecular weight excluding hydrogens is 258 g/mol. The van der Waals surface area contributed by atoms with Crippen molar-refractivity contribution < 1.29 is 0 Å². The molecule has 1 heterocycles. The number of thioether (sulfide) groups is 1. The topological polar surface area (TPSA) is 26.0 Å². The molecule has 0 saturated heterocycles. The fourth-order valence-electron chi connectivity index (χ4n) is 1.87. The fourth-order valence-corrected chi connectivity index (χ4v) is 3.83. The molecule has 0 spiro atoms. The standard InChI is InChI=1S/C15H13NS2/c16-12-5-7-13(8-6-12)17-9-11-10-18-15-4-2-1-3-14(11)15/h1-8,10H,9,16H2. The molecule has 0 atom stereocenters. The molecule has 3 rings (SSSR count). The third-order valence-electron chi connectivity index (χ3n) is 2.84. The Bertz CT molecular complexity index is 656. The molecule has 0 aliphatic carbocycles. The van der Waals surface area contributed by atoms with Gasteiger partial charge < -0.3 is 5.73 Å². The minimum Gasteiger partial charge on any atom is -0.399 e. The van der Waals surface area contributed by atoms with Crippen LogP contribution in [0.15, 0.2) is 58.8 Å². The van der Waals surface area contributed by atoms with E-state index in [0.29, 0.717) is 0 Å². The highest BCUT2D eigenvalue weighted by molar-refractivity contribution is 7.98. The Morgan fingerprint density at radius 1 is 1.00 bits per heavy atom. The molecule has 1 aromatic heterocycles. The summed E-state index contributed by atoms with van der Waals surface area (Å²) in [6.45, 7) is 0. The Labute approximate surface area is 115 Å². The van der Waals surface area contributed by atoms with E-state index in [1.54, 1.807) is 0 Å². The molecule has 3 aromatic rings. The predicted octanol–water partition coefficient (Wildman–Crippen LogP) is 4.78. The van der Waals surface area contributed by atoms with Crippen molar-refractivity contribution in [3.8, 4) is 0 Å². The van der Waals surface area contributed by atoms with Crippen LogP contribution in [0.5, 0.6) is 0 Å². The van der Waals surface area contributed by atoms with Gasteiger partial charge in [-0.1, -0.05) is 18.2 Å². The summed E-state index contributed by atoms with van der Waals surface area (Å²) < 4.78 is 1.37. The van der Waals surface area contributed by atoms with E-state index in [1.807, 2.05) is 35.2 Å². The van der Waals surface area contributed by atoms with Crippen molar-refractivity contribution >= 4 is 38.9 Å². The smallest absolute Gasteiger partial charge is 0.0345 e. The van der Waals surface area contributed by atoms with E-state index in [1.165, 1.54) is 20.5 Å². The van der Waals surface area contributed by atoms with Crippen molar-refractivity contribution in [2.75, 3.05) is 5.73 Å². The minimum absolute atomic E-state index is 0.820. The van der Waals surface area contributed by atoms with Crippen molar-refractivity contribution in [2.24, 2.45) is 0 Å². The highest BCUT2D eigenvalue weighted by atomic mass is 32.2. The Kier molecular flexibility index (Phi) is 3.26. The van der Waals surface area contributed by atoms with Gasteiger partial charge in [0.1, 0.15) is 0 Å². The third-order valence-corrected chi connectivity index (χ3v) is 4.91. The first-order valence-electron chi connectivity index (χ1n) is 5.76. The quantitative estimate of drug-likeness (QED) is 0.548. The molecule has 0 radical (unpaired) electrons. The molecule has 0 bridgehead atoms. The second kappa shape index (κ2) is 5.04. The summed E-state index contributed by atoms with van der Waals surface area (Å²) in [6.07, 6.45) is 0. The maximum Gasteiger partial charge on any atom is 0.0345 e. The van der Waals surface area contributed by atoms with E-state index >= 15 is 0 Å². The lowest BCUT2D eigenvalue weighted by molar-refractivity contribution is 1.42. The minimum atomic E-state index is 0.820. The molecule has 0 fully saturated rings. The van der Waals surface area contributed by atoms with Gasteiger partial charge in [-0.05, 0) is 46.7 Å². The van der Waals surface area contributed by atoms with E-state index in [9.17, 15) is 0 Å². The van der Waals surface area contributed by atoms with Crippen LogP contribution in [0.4, 0.5) is 5.69 Å².